The zero-order valence-corrected chi connectivity index (χ0v) is 16.2. The summed E-state index contributed by atoms with van der Waals surface area (Å²) in [7, 11) is 0. The first-order chi connectivity index (χ1) is 14.2. The van der Waals surface area contributed by atoms with Crippen LogP contribution in [0.4, 0.5) is 10.5 Å². The number of urea groups is 1. The van der Waals surface area contributed by atoms with Crippen LogP contribution in [0, 0.1) is 17.0 Å². The van der Waals surface area contributed by atoms with Gasteiger partial charge in [0.25, 0.3) is 11.6 Å². The Morgan fingerprint density at radius 2 is 1.90 bits per heavy atom. The fourth-order valence-corrected chi connectivity index (χ4v) is 3.60. The SMILES string of the molecule is Cc1ccc2c(CN3C(=O)NC(C)(c4cccc([N+](=O)[O-])c4)C3=O)cc(=O)oc2c1. The van der Waals surface area contributed by atoms with E-state index in [0.29, 0.717) is 22.1 Å². The minimum atomic E-state index is -1.46. The lowest BCUT2D eigenvalue weighted by Crippen LogP contribution is -2.40. The summed E-state index contributed by atoms with van der Waals surface area (Å²) in [6.07, 6.45) is 0. The van der Waals surface area contributed by atoms with Crippen LogP contribution in [0.1, 0.15) is 23.6 Å². The minimum absolute atomic E-state index is 0.139. The summed E-state index contributed by atoms with van der Waals surface area (Å²) in [6.45, 7) is 3.21. The zero-order chi connectivity index (χ0) is 21.6. The van der Waals surface area contributed by atoms with Crippen LogP contribution in [0.2, 0.25) is 0 Å². The van der Waals surface area contributed by atoms with Gasteiger partial charge in [0, 0.05) is 23.6 Å². The lowest BCUT2D eigenvalue weighted by molar-refractivity contribution is -0.385. The molecule has 2 aromatic carbocycles. The fraction of sp³-hybridized carbons (Fsp3) is 0.190. The quantitative estimate of drug-likeness (QED) is 0.307. The highest BCUT2D eigenvalue weighted by Crippen LogP contribution is 2.32. The number of carbonyl (C=O) groups excluding carboxylic acids is 2. The molecule has 0 saturated carbocycles. The second kappa shape index (κ2) is 6.80. The van der Waals surface area contributed by atoms with Crippen molar-refractivity contribution in [3.63, 3.8) is 0 Å². The number of amides is 3. The minimum Gasteiger partial charge on any atom is -0.423 e. The van der Waals surface area contributed by atoms with E-state index >= 15 is 0 Å². The number of carbonyl (C=O) groups is 2. The number of hydrogen-bond donors (Lipinski definition) is 1. The van der Waals surface area contributed by atoms with Gasteiger partial charge < -0.3 is 9.73 Å². The normalized spacial score (nSPS) is 18.7. The molecule has 9 nitrogen and oxygen atoms in total. The maximum Gasteiger partial charge on any atom is 0.336 e. The number of non-ortho nitro benzene ring substituents is 1. The van der Waals surface area contributed by atoms with Crippen LogP contribution in [0.25, 0.3) is 11.0 Å². The maximum atomic E-state index is 13.2. The molecule has 1 atom stereocenters. The Hall–Kier alpha value is -4.01. The van der Waals surface area contributed by atoms with E-state index in [0.717, 1.165) is 10.5 Å². The molecule has 2 heterocycles. The molecule has 3 amide bonds. The van der Waals surface area contributed by atoms with Crippen molar-refractivity contribution in [2.24, 2.45) is 0 Å². The summed E-state index contributed by atoms with van der Waals surface area (Å²) >= 11 is 0. The summed E-state index contributed by atoms with van der Waals surface area (Å²) < 4.78 is 5.22. The standard InChI is InChI=1S/C21H17N3O6/c1-12-6-7-16-13(9-18(25)30-17(16)8-12)11-23-19(26)21(2,22-20(23)27)14-4-3-5-15(10-14)24(28)29/h3-10H,11H2,1-2H3,(H,22,27). The van der Waals surface area contributed by atoms with Gasteiger partial charge in [-0.2, -0.15) is 0 Å². The second-order valence-electron chi connectivity index (χ2n) is 7.34. The number of fused-ring (bicyclic) bond motifs is 1. The Morgan fingerprint density at radius 3 is 2.63 bits per heavy atom. The molecule has 0 spiro atoms. The molecule has 0 radical (unpaired) electrons. The summed E-state index contributed by atoms with van der Waals surface area (Å²) in [5.41, 5.74) is -0.205. The number of nitro groups is 1. The maximum absolute atomic E-state index is 13.2. The van der Waals surface area contributed by atoms with Gasteiger partial charge in [-0.25, -0.2) is 9.59 Å². The first kappa shape index (κ1) is 19.3. The molecule has 1 fully saturated rings. The lowest BCUT2D eigenvalue weighted by Gasteiger charge is -2.22. The monoisotopic (exact) mass is 407 g/mol. The van der Waals surface area contributed by atoms with Crippen molar-refractivity contribution in [1.29, 1.82) is 0 Å². The van der Waals surface area contributed by atoms with E-state index < -0.39 is 28.0 Å². The summed E-state index contributed by atoms with van der Waals surface area (Å²) in [4.78, 5) is 49.3. The number of rotatable bonds is 4. The number of nitro benzene ring substituents is 1. The van der Waals surface area contributed by atoms with Crippen LogP contribution in [0.5, 0.6) is 0 Å². The van der Waals surface area contributed by atoms with Gasteiger partial charge in [0.05, 0.1) is 11.5 Å². The number of aryl methyl sites for hydroxylation is 1. The van der Waals surface area contributed by atoms with Crippen molar-refractivity contribution in [1.82, 2.24) is 10.2 Å². The van der Waals surface area contributed by atoms with Gasteiger partial charge in [-0.1, -0.05) is 24.3 Å². The topological polar surface area (TPSA) is 123 Å². The summed E-state index contributed by atoms with van der Waals surface area (Å²) in [6, 6.07) is 11.5. The Kier molecular flexibility index (Phi) is 4.38. The van der Waals surface area contributed by atoms with E-state index in [4.69, 9.17) is 4.42 Å². The Bertz CT molecular complexity index is 1280. The predicted octanol–water partition coefficient (Wildman–Crippen LogP) is 2.98. The van der Waals surface area contributed by atoms with Crippen LogP contribution in [-0.2, 0) is 16.9 Å². The van der Waals surface area contributed by atoms with Crippen molar-refractivity contribution in [3.8, 4) is 0 Å². The highest BCUT2D eigenvalue weighted by molar-refractivity contribution is 6.07. The van der Waals surface area contributed by atoms with E-state index in [1.165, 1.54) is 31.2 Å². The highest BCUT2D eigenvalue weighted by Gasteiger charge is 2.49. The molecule has 0 bridgehead atoms. The molecule has 1 unspecified atom stereocenters. The molecule has 1 aliphatic heterocycles. The zero-order valence-electron chi connectivity index (χ0n) is 16.2. The van der Waals surface area contributed by atoms with Gasteiger partial charge in [-0.05, 0) is 36.6 Å². The van der Waals surface area contributed by atoms with Crippen LogP contribution < -0.4 is 10.9 Å². The first-order valence-electron chi connectivity index (χ1n) is 9.11. The van der Waals surface area contributed by atoms with Gasteiger partial charge in [-0.15, -0.1) is 0 Å². The fourth-order valence-electron chi connectivity index (χ4n) is 3.60. The highest BCUT2D eigenvalue weighted by atomic mass is 16.6. The predicted molar refractivity (Wildman–Crippen MR) is 107 cm³/mol. The number of hydrogen-bond acceptors (Lipinski definition) is 6. The van der Waals surface area contributed by atoms with Gasteiger partial charge >= 0.3 is 11.7 Å². The van der Waals surface area contributed by atoms with Crippen molar-refractivity contribution in [3.05, 3.63) is 85.8 Å². The lowest BCUT2D eigenvalue weighted by atomic mass is 9.91. The van der Waals surface area contributed by atoms with Crippen LogP contribution in [-0.4, -0.2) is 21.8 Å². The van der Waals surface area contributed by atoms with E-state index in [-0.39, 0.29) is 12.2 Å². The number of imide groups is 1. The van der Waals surface area contributed by atoms with Crippen LogP contribution in [0.3, 0.4) is 0 Å². The van der Waals surface area contributed by atoms with Gasteiger partial charge in [-0.3, -0.25) is 19.8 Å². The molecule has 4 rings (SSSR count). The molecule has 1 aliphatic rings. The van der Waals surface area contributed by atoms with Crippen LogP contribution in [0.15, 0.2) is 57.7 Å². The molecule has 9 heteroatoms. The second-order valence-corrected chi connectivity index (χ2v) is 7.34. The number of nitrogens with zero attached hydrogens (tertiary/aromatic N) is 2. The van der Waals surface area contributed by atoms with Gasteiger partial charge in [0.15, 0.2) is 0 Å². The van der Waals surface area contributed by atoms with E-state index in [1.807, 2.05) is 13.0 Å². The first-order valence-corrected chi connectivity index (χ1v) is 9.11. The molecule has 1 N–H and O–H groups in total. The Balaban J connectivity index is 1.72. The Morgan fingerprint density at radius 1 is 1.13 bits per heavy atom. The molecule has 1 aromatic heterocycles. The van der Waals surface area contributed by atoms with Gasteiger partial charge in [0.1, 0.15) is 11.1 Å². The van der Waals surface area contributed by atoms with Crippen molar-refractivity contribution in [2.75, 3.05) is 0 Å². The molecule has 1 saturated heterocycles. The van der Waals surface area contributed by atoms with Gasteiger partial charge in [0.2, 0.25) is 0 Å². The molecule has 3 aromatic rings. The molecular weight excluding hydrogens is 390 g/mol. The Labute approximate surface area is 170 Å². The summed E-state index contributed by atoms with van der Waals surface area (Å²) in [5.74, 6) is -0.568. The third kappa shape index (κ3) is 3.10. The van der Waals surface area contributed by atoms with Crippen molar-refractivity contribution in [2.45, 2.75) is 25.9 Å². The van der Waals surface area contributed by atoms with Crippen molar-refractivity contribution >= 4 is 28.6 Å². The molecule has 0 aliphatic carbocycles. The average Bonchev–Trinajstić information content (AvgIpc) is 2.91. The van der Waals surface area contributed by atoms with E-state index in [9.17, 15) is 24.5 Å². The van der Waals surface area contributed by atoms with E-state index in [1.54, 1.807) is 18.2 Å². The number of nitrogens with one attached hydrogen (secondary N) is 1. The van der Waals surface area contributed by atoms with E-state index in [2.05, 4.69) is 5.32 Å². The summed E-state index contributed by atoms with van der Waals surface area (Å²) in [5, 5.41) is 14.3. The average molecular weight is 407 g/mol. The molecular formula is C21H17N3O6. The van der Waals surface area contributed by atoms with Crippen LogP contribution >= 0.6 is 0 Å². The smallest absolute Gasteiger partial charge is 0.336 e. The number of benzene rings is 2. The third-order valence-electron chi connectivity index (χ3n) is 5.22. The van der Waals surface area contributed by atoms with Crippen molar-refractivity contribution < 1.29 is 18.9 Å². The largest absolute Gasteiger partial charge is 0.423 e. The molecule has 152 valence electrons. The third-order valence-corrected chi connectivity index (χ3v) is 5.22. The molecule has 30 heavy (non-hydrogen) atoms.